The molecule has 19 heavy (non-hydrogen) atoms. The predicted molar refractivity (Wildman–Crippen MR) is 79.3 cm³/mol. The van der Waals surface area contributed by atoms with E-state index < -0.39 is 0 Å². The van der Waals surface area contributed by atoms with Gasteiger partial charge in [-0.2, -0.15) is 0 Å². The second-order valence-electron chi connectivity index (χ2n) is 6.32. The van der Waals surface area contributed by atoms with Crippen molar-refractivity contribution in [1.29, 1.82) is 0 Å². The summed E-state index contributed by atoms with van der Waals surface area (Å²) in [6, 6.07) is 7.80. The van der Waals surface area contributed by atoms with Crippen LogP contribution in [0.15, 0.2) is 28.7 Å². The van der Waals surface area contributed by atoms with E-state index in [1.54, 1.807) is 0 Å². The van der Waals surface area contributed by atoms with Crippen molar-refractivity contribution in [3.8, 4) is 0 Å². The number of fused-ring (bicyclic) bond motifs is 1. The van der Waals surface area contributed by atoms with E-state index in [0.717, 1.165) is 16.7 Å². The molecule has 0 saturated heterocycles. The van der Waals surface area contributed by atoms with Gasteiger partial charge in [0.25, 0.3) is 0 Å². The third-order valence-corrected chi connectivity index (χ3v) is 4.91. The minimum absolute atomic E-state index is 0.0408. The quantitative estimate of drug-likeness (QED) is 0.847. The zero-order valence-electron chi connectivity index (χ0n) is 11.4. The fraction of sp³-hybridized carbons (Fsp3) is 0.500. The van der Waals surface area contributed by atoms with Gasteiger partial charge in [-0.15, -0.1) is 0 Å². The lowest BCUT2D eigenvalue weighted by molar-refractivity contribution is 0.208. The van der Waals surface area contributed by atoms with Crippen molar-refractivity contribution in [2.45, 2.75) is 39.2 Å². The van der Waals surface area contributed by atoms with Crippen molar-refractivity contribution in [3.63, 3.8) is 0 Å². The highest BCUT2D eigenvalue weighted by Gasteiger charge is 2.39. The second-order valence-corrected chi connectivity index (χ2v) is 6.73. The number of benzene rings is 1. The first-order valence-electron chi connectivity index (χ1n) is 6.92. The summed E-state index contributed by atoms with van der Waals surface area (Å²) in [6.07, 6.45) is 3.68. The molecule has 2 N–H and O–H groups in total. The number of rotatable bonds is 2. The number of para-hydroxylation sites is 1. The van der Waals surface area contributed by atoms with Crippen LogP contribution in [0.25, 0.3) is 11.0 Å². The molecular weight excluding hydrogens is 258 g/mol. The molecule has 2 aromatic rings. The molecule has 2 unspecified atom stereocenters. The maximum absolute atomic E-state index is 6.45. The van der Waals surface area contributed by atoms with Crippen molar-refractivity contribution >= 4 is 22.6 Å². The Kier molecular flexibility index (Phi) is 3.11. The van der Waals surface area contributed by atoms with Gasteiger partial charge in [-0.3, -0.25) is 0 Å². The lowest BCUT2D eigenvalue weighted by Gasteiger charge is -2.30. The lowest BCUT2D eigenvalue weighted by Crippen LogP contribution is -2.29. The van der Waals surface area contributed by atoms with E-state index in [1.165, 1.54) is 19.3 Å². The van der Waals surface area contributed by atoms with Gasteiger partial charge < -0.3 is 10.2 Å². The Morgan fingerprint density at radius 2 is 2.21 bits per heavy atom. The van der Waals surface area contributed by atoms with Crippen LogP contribution in [0.1, 0.15) is 44.9 Å². The monoisotopic (exact) mass is 277 g/mol. The first-order valence-corrected chi connectivity index (χ1v) is 7.30. The summed E-state index contributed by atoms with van der Waals surface area (Å²) in [5.41, 5.74) is 7.50. The number of nitrogens with two attached hydrogens (primary N) is 1. The van der Waals surface area contributed by atoms with Gasteiger partial charge in [0.1, 0.15) is 5.76 Å². The van der Waals surface area contributed by atoms with Gasteiger partial charge in [0.15, 0.2) is 5.58 Å². The van der Waals surface area contributed by atoms with Crippen molar-refractivity contribution in [2.75, 3.05) is 0 Å². The van der Waals surface area contributed by atoms with Crippen molar-refractivity contribution in [1.82, 2.24) is 0 Å². The molecule has 0 bridgehead atoms. The number of furan rings is 1. The van der Waals surface area contributed by atoms with Gasteiger partial charge >= 0.3 is 0 Å². The highest BCUT2D eigenvalue weighted by atomic mass is 35.5. The second kappa shape index (κ2) is 4.53. The summed E-state index contributed by atoms with van der Waals surface area (Å²) in [5.74, 6) is 1.34. The van der Waals surface area contributed by atoms with E-state index in [-0.39, 0.29) is 6.04 Å². The normalized spacial score (nSPS) is 23.9. The largest absolute Gasteiger partial charge is 0.458 e. The summed E-state index contributed by atoms with van der Waals surface area (Å²) in [6.45, 7) is 4.61. The first-order chi connectivity index (χ1) is 8.99. The zero-order valence-corrected chi connectivity index (χ0v) is 12.2. The minimum atomic E-state index is -0.0408. The molecule has 1 aromatic heterocycles. The van der Waals surface area contributed by atoms with Gasteiger partial charge in [0.2, 0.25) is 0 Å². The molecule has 1 fully saturated rings. The molecule has 1 aliphatic rings. The van der Waals surface area contributed by atoms with Crippen molar-refractivity contribution in [2.24, 2.45) is 17.1 Å². The van der Waals surface area contributed by atoms with Crippen molar-refractivity contribution < 1.29 is 4.42 Å². The Hall–Kier alpha value is -0.990. The molecule has 1 heterocycles. The van der Waals surface area contributed by atoms with Crippen molar-refractivity contribution in [3.05, 3.63) is 35.0 Å². The zero-order chi connectivity index (χ0) is 13.6. The molecule has 0 spiro atoms. The van der Waals surface area contributed by atoms with Crippen LogP contribution in [0.5, 0.6) is 0 Å². The molecule has 0 amide bonds. The highest BCUT2D eigenvalue weighted by Crippen LogP contribution is 2.48. The van der Waals surface area contributed by atoms with Gasteiger partial charge in [0.05, 0.1) is 11.1 Å². The average Bonchev–Trinajstić information content (AvgIpc) is 2.92. The maximum atomic E-state index is 6.45. The topological polar surface area (TPSA) is 39.2 Å². The van der Waals surface area contributed by atoms with Crippen LogP contribution < -0.4 is 5.73 Å². The Morgan fingerprint density at radius 3 is 2.84 bits per heavy atom. The van der Waals surface area contributed by atoms with Crippen LogP contribution in [0, 0.1) is 11.3 Å². The first kappa shape index (κ1) is 13.0. The summed E-state index contributed by atoms with van der Waals surface area (Å²) >= 11 is 6.16. The van der Waals surface area contributed by atoms with E-state index in [9.17, 15) is 0 Å². The van der Waals surface area contributed by atoms with E-state index >= 15 is 0 Å². The highest BCUT2D eigenvalue weighted by molar-refractivity contribution is 6.34. The molecule has 2 atom stereocenters. The van der Waals surface area contributed by atoms with Crippen LogP contribution in [0.4, 0.5) is 0 Å². The van der Waals surface area contributed by atoms with Crippen LogP contribution >= 0.6 is 11.6 Å². The van der Waals surface area contributed by atoms with Crippen LogP contribution in [0.2, 0.25) is 5.02 Å². The Morgan fingerprint density at radius 1 is 1.42 bits per heavy atom. The summed E-state index contributed by atoms with van der Waals surface area (Å²) < 4.78 is 5.91. The van der Waals surface area contributed by atoms with Gasteiger partial charge in [-0.25, -0.2) is 0 Å². The summed E-state index contributed by atoms with van der Waals surface area (Å²) in [4.78, 5) is 0. The molecule has 2 nitrogen and oxygen atoms in total. The van der Waals surface area contributed by atoms with Crippen LogP contribution in [-0.2, 0) is 0 Å². The molecule has 102 valence electrons. The third-order valence-electron chi connectivity index (χ3n) is 4.62. The van der Waals surface area contributed by atoms with Gasteiger partial charge in [0, 0.05) is 5.39 Å². The van der Waals surface area contributed by atoms with E-state index in [2.05, 4.69) is 13.8 Å². The molecular formula is C16H20ClNO. The summed E-state index contributed by atoms with van der Waals surface area (Å²) in [5, 5.41) is 1.69. The third kappa shape index (κ3) is 2.17. The minimum Gasteiger partial charge on any atom is -0.458 e. The van der Waals surface area contributed by atoms with Crippen LogP contribution in [-0.4, -0.2) is 0 Å². The molecule has 1 aliphatic carbocycles. The molecule has 0 aliphatic heterocycles. The Balaban J connectivity index is 1.98. The van der Waals surface area contributed by atoms with E-state index in [4.69, 9.17) is 21.8 Å². The smallest absolute Gasteiger partial charge is 0.152 e. The standard InChI is InChI=1S/C16H20ClNO/c1-16(2)8-4-6-11(16)14(18)13-9-10-5-3-7-12(17)15(10)19-13/h3,5,7,9,11,14H,4,6,8,18H2,1-2H3. The van der Waals surface area contributed by atoms with E-state index in [1.807, 2.05) is 24.3 Å². The average molecular weight is 278 g/mol. The molecule has 0 radical (unpaired) electrons. The number of hydrogen-bond acceptors (Lipinski definition) is 2. The number of hydrogen-bond donors (Lipinski definition) is 1. The maximum Gasteiger partial charge on any atom is 0.152 e. The molecule has 3 rings (SSSR count). The molecule has 1 aromatic carbocycles. The van der Waals surface area contributed by atoms with Crippen LogP contribution in [0.3, 0.4) is 0 Å². The Bertz CT molecular complexity index is 602. The SMILES string of the molecule is CC1(C)CCCC1C(N)c1cc2cccc(Cl)c2o1. The fourth-order valence-electron chi connectivity index (χ4n) is 3.43. The lowest BCUT2D eigenvalue weighted by atomic mass is 9.77. The molecule has 3 heteroatoms. The van der Waals surface area contributed by atoms with E-state index in [0.29, 0.717) is 16.4 Å². The Labute approximate surface area is 118 Å². The fourth-order valence-corrected chi connectivity index (χ4v) is 3.65. The van der Waals surface area contributed by atoms with Gasteiger partial charge in [-0.05, 0) is 36.3 Å². The van der Waals surface area contributed by atoms with Gasteiger partial charge in [-0.1, -0.05) is 44.0 Å². The molecule has 1 saturated carbocycles. The summed E-state index contributed by atoms with van der Waals surface area (Å²) in [7, 11) is 0. The predicted octanol–water partition coefficient (Wildman–Crippen LogP) is 4.91. The number of halogens is 1.